The van der Waals surface area contributed by atoms with Gasteiger partial charge in [-0.15, -0.1) is 0 Å². The highest BCUT2D eigenvalue weighted by Crippen LogP contribution is 2.39. The second-order valence-electron chi connectivity index (χ2n) is 7.89. The number of nitrogens with zero attached hydrogens (tertiary/aromatic N) is 2. The van der Waals surface area contributed by atoms with E-state index in [1.165, 1.54) is 37.4 Å². The Labute approximate surface area is 165 Å². The number of hydrogen-bond acceptors (Lipinski definition) is 4. The Morgan fingerprint density at radius 2 is 1.89 bits per heavy atom. The molecule has 3 fully saturated rings. The summed E-state index contributed by atoms with van der Waals surface area (Å²) in [6.45, 7) is 0.596. The molecule has 1 aliphatic carbocycles. The molecule has 146 valence electrons. The van der Waals surface area contributed by atoms with Crippen LogP contribution < -0.4 is 0 Å². The molecule has 1 saturated carbocycles. The summed E-state index contributed by atoms with van der Waals surface area (Å²) in [5.74, 6) is 0.955. The molecule has 0 aromatic heterocycles. The van der Waals surface area contributed by atoms with Gasteiger partial charge in [0.05, 0.1) is 17.5 Å². The van der Waals surface area contributed by atoms with Crippen LogP contribution in [0.2, 0.25) is 0 Å². The highest BCUT2D eigenvalue weighted by atomic mass is 32.2. The molecular weight excluding hydrogens is 380 g/mol. The van der Waals surface area contributed by atoms with Crippen LogP contribution in [-0.2, 0) is 21.2 Å². The number of amidine groups is 1. The van der Waals surface area contributed by atoms with Gasteiger partial charge in [0.15, 0.2) is 15.0 Å². The van der Waals surface area contributed by atoms with Crippen molar-refractivity contribution >= 4 is 32.7 Å². The number of carbonyl (C=O) groups excluding carboxylic acids is 1. The monoisotopic (exact) mass is 406 g/mol. The summed E-state index contributed by atoms with van der Waals surface area (Å²) in [6.07, 6.45) is 6.47. The third-order valence-corrected chi connectivity index (χ3v) is 9.08. The van der Waals surface area contributed by atoms with E-state index in [1.54, 1.807) is 0 Å². The van der Waals surface area contributed by atoms with Gasteiger partial charge < -0.3 is 4.90 Å². The number of benzene rings is 1. The van der Waals surface area contributed by atoms with Crippen molar-refractivity contribution in [3.8, 4) is 0 Å². The third-order valence-electron chi connectivity index (χ3n) is 5.83. The lowest BCUT2D eigenvalue weighted by molar-refractivity contribution is -0.118. The van der Waals surface area contributed by atoms with Gasteiger partial charge in [-0.05, 0) is 17.9 Å². The van der Waals surface area contributed by atoms with Crippen LogP contribution in [0, 0.1) is 5.92 Å². The summed E-state index contributed by atoms with van der Waals surface area (Å²) in [5.41, 5.74) is 1.11. The topological polar surface area (TPSA) is 66.8 Å². The molecule has 0 spiro atoms. The number of amides is 1. The van der Waals surface area contributed by atoms with Crippen LogP contribution in [0.15, 0.2) is 35.3 Å². The Kier molecular flexibility index (Phi) is 5.60. The van der Waals surface area contributed by atoms with Gasteiger partial charge in [0.2, 0.25) is 5.91 Å². The van der Waals surface area contributed by atoms with Crippen molar-refractivity contribution in [3.05, 3.63) is 35.9 Å². The Balaban J connectivity index is 1.48. The van der Waals surface area contributed by atoms with E-state index >= 15 is 0 Å². The van der Waals surface area contributed by atoms with Crippen molar-refractivity contribution in [1.29, 1.82) is 0 Å². The number of carbonyl (C=O) groups is 1. The number of hydrogen-bond donors (Lipinski definition) is 0. The first-order valence-electron chi connectivity index (χ1n) is 9.79. The molecule has 5 nitrogen and oxygen atoms in total. The van der Waals surface area contributed by atoms with Gasteiger partial charge in [-0.2, -0.15) is 4.99 Å². The Hall–Kier alpha value is -1.34. The maximum absolute atomic E-state index is 12.5. The minimum atomic E-state index is -3.01. The molecule has 0 unspecified atom stereocenters. The zero-order chi connectivity index (χ0) is 18.9. The van der Waals surface area contributed by atoms with Crippen molar-refractivity contribution in [3.63, 3.8) is 0 Å². The first-order chi connectivity index (χ1) is 13.0. The lowest BCUT2D eigenvalue weighted by Gasteiger charge is -2.24. The summed E-state index contributed by atoms with van der Waals surface area (Å²) in [7, 11) is -3.01. The Bertz CT molecular complexity index is 817. The summed E-state index contributed by atoms with van der Waals surface area (Å²) in [6, 6.07) is 9.89. The molecule has 0 bridgehead atoms. The van der Waals surface area contributed by atoms with Crippen molar-refractivity contribution < 1.29 is 13.2 Å². The maximum atomic E-state index is 12.5. The molecule has 7 heteroatoms. The molecule has 4 rings (SSSR count). The summed E-state index contributed by atoms with van der Waals surface area (Å²) < 4.78 is 24.1. The van der Waals surface area contributed by atoms with Crippen LogP contribution in [0.25, 0.3) is 0 Å². The van der Waals surface area contributed by atoms with Crippen LogP contribution in [0.1, 0.15) is 44.1 Å². The van der Waals surface area contributed by atoms with E-state index in [9.17, 15) is 13.2 Å². The molecule has 2 atom stereocenters. The average molecular weight is 407 g/mol. The van der Waals surface area contributed by atoms with Gasteiger partial charge in [-0.1, -0.05) is 67.8 Å². The van der Waals surface area contributed by atoms with Crippen LogP contribution in [0.4, 0.5) is 0 Å². The van der Waals surface area contributed by atoms with Crippen LogP contribution in [-0.4, -0.2) is 47.2 Å². The molecule has 1 aromatic rings. The van der Waals surface area contributed by atoms with E-state index in [4.69, 9.17) is 0 Å². The van der Waals surface area contributed by atoms with Gasteiger partial charge in [-0.25, -0.2) is 8.42 Å². The van der Waals surface area contributed by atoms with Crippen molar-refractivity contribution in [2.45, 2.75) is 56.4 Å². The zero-order valence-corrected chi connectivity index (χ0v) is 17.1. The van der Waals surface area contributed by atoms with E-state index in [0.29, 0.717) is 24.1 Å². The van der Waals surface area contributed by atoms with Crippen LogP contribution in [0.5, 0.6) is 0 Å². The number of aliphatic imine (C=N–C) groups is 1. The lowest BCUT2D eigenvalue weighted by atomic mass is 10.0. The second-order valence-corrected chi connectivity index (χ2v) is 11.3. The normalized spacial score (nSPS) is 28.7. The van der Waals surface area contributed by atoms with Crippen molar-refractivity contribution in [2.24, 2.45) is 10.9 Å². The molecule has 0 radical (unpaired) electrons. The highest BCUT2D eigenvalue weighted by molar-refractivity contribution is 8.15. The minimum absolute atomic E-state index is 0.0138. The number of fused-ring (bicyclic) bond motifs is 1. The first kappa shape index (κ1) is 19.0. The molecule has 3 aliphatic rings. The summed E-state index contributed by atoms with van der Waals surface area (Å²) in [5, 5.41) is 0.695. The van der Waals surface area contributed by atoms with Gasteiger partial charge in [0.1, 0.15) is 0 Å². The zero-order valence-electron chi connectivity index (χ0n) is 15.4. The van der Waals surface area contributed by atoms with Crippen molar-refractivity contribution in [1.82, 2.24) is 4.90 Å². The molecule has 1 aromatic carbocycles. The molecule has 1 amide bonds. The molecular formula is C20H26N2O3S2. The van der Waals surface area contributed by atoms with Crippen molar-refractivity contribution in [2.75, 3.05) is 11.5 Å². The summed E-state index contributed by atoms with van der Waals surface area (Å²) in [4.78, 5) is 18.9. The predicted molar refractivity (Wildman–Crippen MR) is 109 cm³/mol. The standard InChI is InChI=1S/C20H26N2O3S2/c23-19(11-10-15-6-4-5-7-15)21-20-22(12-16-8-2-1-3-9-16)17-13-27(24,25)14-18(17)26-20/h1-3,8-9,15,17-18H,4-7,10-14H2/t17-,18-/m0/s1. The molecule has 2 heterocycles. The predicted octanol–water partition coefficient (Wildman–Crippen LogP) is 3.25. The Morgan fingerprint density at radius 1 is 1.15 bits per heavy atom. The van der Waals surface area contributed by atoms with E-state index in [2.05, 4.69) is 4.99 Å². The molecule has 2 saturated heterocycles. The SMILES string of the molecule is O=C(CCC1CCCC1)N=C1S[C@H]2CS(=O)(=O)C[C@@H]2N1Cc1ccccc1. The van der Waals surface area contributed by atoms with E-state index in [0.717, 1.165) is 12.0 Å². The highest BCUT2D eigenvalue weighted by Gasteiger charge is 2.48. The number of thioether (sulfide) groups is 1. The smallest absolute Gasteiger partial charge is 0.248 e. The van der Waals surface area contributed by atoms with E-state index in [-0.39, 0.29) is 28.7 Å². The van der Waals surface area contributed by atoms with Gasteiger partial charge in [-0.3, -0.25) is 4.79 Å². The van der Waals surface area contributed by atoms with Crippen LogP contribution >= 0.6 is 11.8 Å². The van der Waals surface area contributed by atoms with E-state index in [1.807, 2.05) is 35.2 Å². The van der Waals surface area contributed by atoms with Crippen LogP contribution in [0.3, 0.4) is 0 Å². The maximum Gasteiger partial charge on any atom is 0.248 e. The molecule has 0 N–H and O–H groups in total. The second kappa shape index (κ2) is 7.95. The Morgan fingerprint density at radius 3 is 2.63 bits per heavy atom. The third kappa shape index (κ3) is 4.57. The van der Waals surface area contributed by atoms with Gasteiger partial charge in [0.25, 0.3) is 0 Å². The van der Waals surface area contributed by atoms with Gasteiger partial charge in [0, 0.05) is 18.2 Å². The number of sulfone groups is 1. The average Bonchev–Trinajstić information content (AvgIpc) is 3.31. The quantitative estimate of drug-likeness (QED) is 0.751. The first-order valence-corrected chi connectivity index (χ1v) is 12.5. The fourth-order valence-electron chi connectivity index (χ4n) is 4.39. The lowest BCUT2D eigenvalue weighted by Crippen LogP contribution is -2.37. The van der Waals surface area contributed by atoms with E-state index < -0.39 is 9.84 Å². The molecule has 2 aliphatic heterocycles. The fraction of sp³-hybridized carbons (Fsp3) is 0.600. The molecule has 27 heavy (non-hydrogen) atoms. The fourth-order valence-corrected chi connectivity index (χ4v) is 8.36. The summed E-state index contributed by atoms with van der Waals surface area (Å²) >= 11 is 1.47. The van der Waals surface area contributed by atoms with Gasteiger partial charge >= 0.3 is 0 Å². The number of rotatable bonds is 5. The largest absolute Gasteiger partial charge is 0.342 e. The minimum Gasteiger partial charge on any atom is -0.342 e.